The minimum atomic E-state index is -4.89. The summed E-state index contributed by atoms with van der Waals surface area (Å²) in [7, 11) is -4.30. The van der Waals surface area contributed by atoms with Crippen LogP contribution in [0, 0.1) is 16.2 Å². The number of nitriles is 1. The van der Waals surface area contributed by atoms with Crippen molar-refractivity contribution in [2.45, 2.75) is 30.0 Å². The van der Waals surface area contributed by atoms with Crippen LogP contribution in [0.1, 0.15) is 29.2 Å². The number of sulfone groups is 1. The van der Waals surface area contributed by atoms with Crippen molar-refractivity contribution in [3.05, 3.63) is 93.9 Å². The molecule has 0 aliphatic heterocycles. The van der Waals surface area contributed by atoms with Crippen LogP contribution in [0.3, 0.4) is 0 Å². The van der Waals surface area contributed by atoms with Crippen molar-refractivity contribution in [1.82, 2.24) is 0 Å². The number of hydrogen-bond donors (Lipinski definition) is 2. The zero-order valence-corrected chi connectivity index (χ0v) is 20.1. The smallest absolute Gasteiger partial charge is 0.417 e. The van der Waals surface area contributed by atoms with Gasteiger partial charge in [-0.25, -0.2) is 8.42 Å². The highest BCUT2D eigenvalue weighted by atomic mass is 32.2. The molecule has 0 saturated carbocycles. The first-order valence-electron chi connectivity index (χ1n) is 10.6. The fourth-order valence-corrected chi connectivity index (χ4v) is 5.49. The summed E-state index contributed by atoms with van der Waals surface area (Å²) in [4.78, 5) is 24.4. The normalized spacial score (nSPS) is 13.3. The Balaban J connectivity index is 1.89. The van der Waals surface area contributed by atoms with Gasteiger partial charge >= 0.3 is 6.18 Å². The molecule has 0 radical (unpaired) electrons. The Kier molecular flexibility index (Phi) is 7.69. The average Bonchev–Trinajstić information content (AvgIpc) is 2.84. The fourth-order valence-electron chi connectivity index (χ4n) is 3.59. The number of phenolic OH excluding ortho intramolecular Hbond substituents is 1. The molecule has 1 amide bonds. The molecular weight excluding hydrogens is 511 g/mol. The van der Waals surface area contributed by atoms with Crippen molar-refractivity contribution in [2.24, 2.45) is 5.18 Å². The molecule has 8 nitrogen and oxygen atoms in total. The van der Waals surface area contributed by atoms with Crippen LogP contribution < -0.4 is 5.32 Å². The second-order valence-electron chi connectivity index (χ2n) is 8.40. The SMILES string of the molecule is CC(CS(=O)(=O)c1ccccc1Cc1ccc(O)cc1)(N=O)C(=O)Nc1ccc(C#N)c(C(F)(F)F)c1. The van der Waals surface area contributed by atoms with Gasteiger partial charge in [0.1, 0.15) is 5.75 Å². The van der Waals surface area contributed by atoms with Gasteiger partial charge in [-0.2, -0.15) is 18.4 Å². The Morgan fingerprint density at radius 2 is 1.73 bits per heavy atom. The van der Waals surface area contributed by atoms with Crippen LogP contribution in [0.25, 0.3) is 0 Å². The van der Waals surface area contributed by atoms with Crippen LogP contribution in [0.4, 0.5) is 18.9 Å². The molecule has 3 aromatic rings. The number of nitrogens with zero attached hydrogens (tertiary/aromatic N) is 2. The number of nitrogens with one attached hydrogen (secondary N) is 1. The van der Waals surface area contributed by atoms with Crippen LogP contribution in [-0.2, 0) is 27.2 Å². The standard InChI is InChI=1S/C25H20F3N3O5S/c1-24(31-34,23(33)30-19-9-8-18(14-29)21(13-19)25(26,27)28)15-37(35,36)22-5-3-2-4-17(22)12-16-6-10-20(32)11-7-16/h2-11,13,32H,12,15H2,1H3,(H,30,33). The summed E-state index contributed by atoms with van der Waals surface area (Å²) >= 11 is 0. The van der Waals surface area contributed by atoms with E-state index in [1.54, 1.807) is 24.3 Å². The van der Waals surface area contributed by atoms with Gasteiger partial charge in [0.25, 0.3) is 5.91 Å². The number of halogens is 3. The molecule has 2 N–H and O–H groups in total. The van der Waals surface area contributed by atoms with Crippen LogP contribution in [0.15, 0.2) is 76.8 Å². The maximum absolute atomic E-state index is 13.3. The molecule has 0 heterocycles. The van der Waals surface area contributed by atoms with Crippen molar-refractivity contribution < 1.29 is 31.5 Å². The lowest BCUT2D eigenvalue weighted by molar-refractivity contribution is -0.137. The predicted molar refractivity (Wildman–Crippen MR) is 128 cm³/mol. The highest BCUT2D eigenvalue weighted by Crippen LogP contribution is 2.34. The summed E-state index contributed by atoms with van der Waals surface area (Å²) in [6.45, 7) is 0.962. The lowest BCUT2D eigenvalue weighted by atomic mass is 10.0. The number of amides is 1. The van der Waals surface area contributed by atoms with Gasteiger partial charge in [-0.3, -0.25) is 4.79 Å². The molecule has 1 unspecified atom stereocenters. The maximum atomic E-state index is 13.3. The highest BCUT2D eigenvalue weighted by molar-refractivity contribution is 7.91. The lowest BCUT2D eigenvalue weighted by Crippen LogP contribution is -2.44. The molecule has 3 rings (SSSR count). The van der Waals surface area contributed by atoms with E-state index in [1.807, 2.05) is 0 Å². The molecule has 192 valence electrons. The largest absolute Gasteiger partial charge is 0.508 e. The fraction of sp³-hybridized carbons (Fsp3) is 0.200. The summed E-state index contributed by atoms with van der Waals surface area (Å²) in [5.74, 6) is -2.25. The molecule has 3 aromatic carbocycles. The molecule has 12 heteroatoms. The van der Waals surface area contributed by atoms with Gasteiger partial charge in [-0.1, -0.05) is 35.5 Å². The summed E-state index contributed by atoms with van der Waals surface area (Å²) < 4.78 is 66.3. The Morgan fingerprint density at radius 1 is 1.08 bits per heavy atom. The van der Waals surface area contributed by atoms with Crippen molar-refractivity contribution in [1.29, 1.82) is 5.26 Å². The van der Waals surface area contributed by atoms with Crippen LogP contribution >= 0.6 is 0 Å². The third-order valence-corrected chi connectivity index (χ3v) is 7.51. The van der Waals surface area contributed by atoms with Gasteiger partial charge in [0, 0.05) is 5.69 Å². The summed E-state index contributed by atoms with van der Waals surface area (Å²) in [6.07, 6.45) is -4.72. The number of carbonyl (C=O) groups is 1. The molecule has 0 aliphatic carbocycles. The van der Waals surface area contributed by atoms with Crippen molar-refractivity contribution in [3.8, 4) is 11.8 Å². The molecule has 0 saturated heterocycles. The van der Waals surface area contributed by atoms with E-state index in [9.17, 15) is 36.4 Å². The minimum absolute atomic E-state index is 0.0353. The predicted octanol–water partition coefficient (Wildman–Crippen LogP) is 4.81. The van der Waals surface area contributed by atoms with Gasteiger partial charge in [-0.15, -0.1) is 4.91 Å². The van der Waals surface area contributed by atoms with E-state index >= 15 is 0 Å². The first kappa shape index (κ1) is 27.3. The quantitative estimate of drug-likeness (QED) is 0.400. The van der Waals surface area contributed by atoms with Crippen molar-refractivity contribution in [2.75, 3.05) is 11.1 Å². The molecule has 0 bridgehead atoms. The number of anilines is 1. The number of phenols is 1. The van der Waals surface area contributed by atoms with Gasteiger partial charge in [0.2, 0.25) is 0 Å². The maximum Gasteiger partial charge on any atom is 0.417 e. The van der Waals surface area contributed by atoms with E-state index in [1.165, 1.54) is 30.3 Å². The lowest BCUT2D eigenvalue weighted by Gasteiger charge is -2.22. The Labute approximate surface area is 210 Å². The first-order chi connectivity index (χ1) is 17.3. The molecule has 0 aromatic heterocycles. The van der Waals surface area contributed by atoms with Crippen molar-refractivity contribution in [3.63, 3.8) is 0 Å². The number of rotatable bonds is 8. The Hall–Kier alpha value is -4.24. The van der Waals surface area contributed by atoms with Gasteiger partial charge < -0.3 is 10.4 Å². The van der Waals surface area contributed by atoms with E-state index in [0.29, 0.717) is 17.2 Å². The van der Waals surface area contributed by atoms with Crippen LogP contribution in [-0.4, -0.2) is 30.7 Å². The number of alkyl halides is 3. The summed E-state index contributed by atoms with van der Waals surface area (Å²) in [5.41, 5.74) is -3.70. The molecule has 37 heavy (non-hydrogen) atoms. The Bertz CT molecular complexity index is 1480. The third kappa shape index (κ3) is 6.31. The number of carbonyl (C=O) groups excluding carboxylic acids is 1. The number of aromatic hydroxyl groups is 1. The van der Waals surface area contributed by atoms with E-state index in [2.05, 4.69) is 10.5 Å². The van der Waals surface area contributed by atoms with E-state index in [-0.39, 0.29) is 17.1 Å². The molecular formula is C25H20F3N3O5S. The van der Waals surface area contributed by atoms with E-state index in [4.69, 9.17) is 5.26 Å². The third-order valence-electron chi connectivity index (χ3n) is 5.50. The molecule has 0 spiro atoms. The zero-order valence-electron chi connectivity index (χ0n) is 19.3. The Morgan fingerprint density at radius 3 is 2.32 bits per heavy atom. The zero-order chi connectivity index (χ0) is 27.4. The van der Waals surface area contributed by atoms with Gasteiger partial charge in [0.15, 0.2) is 15.4 Å². The van der Waals surface area contributed by atoms with Crippen LogP contribution in [0.2, 0.25) is 0 Å². The second-order valence-corrected chi connectivity index (χ2v) is 10.4. The van der Waals surface area contributed by atoms with Gasteiger partial charge in [0.05, 0.1) is 27.8 Å². The monoisotopic (exact) mass is 531 g/mol. The van der Waals surface area contributed by atoms with E-state index in [0.717, 1.165) is 19.1 Å². The summed E-state index contributed by atoms with van der Waals surface area (Å²) in [5, 5.41) is 23.2. The second kappa shape index (κ2) is 10.4. The number of hydrogen-bond acceptors (Lipinski definition) is 7. The highest BCUT2D eigenvalue weighted by Gasteiger charge is 2.42. The minimum Gasteiger partial charge on any atom is -0.508 e. The molecule has 0 aliphatic rings. The first-order valence-corrected chi connectivity index (χ1v) is 12.3. The number of nitroso groups, excluding NO2 is 1. The summed E-state index contributed by atoms with van der Waals surface area (Å²) in [6, 6.07) is 15.8. The van der Waals surface area contributed by atoms with E-state index < -0.39 is 50.0 Å². The van der Waals surface area contributed by atoms with Crippen LogP contribution in [0.5, 0.6) is 5.75 Å². The average molecular weight is 532 g/mol. The van der Waals surface area contributed by atoms with Gasteiger partial charge in [-0.05, 0) is 60.9 Å². The number of benzene rings is 3. The molecule has 1 atom stereocenters. The topological polar surface area (TPSA) is 137 Å². The molecule has 0 fully saturated rings. The van der Waals surface area contributed by atoms with Crippen molar-refractivity contribution >= 4 is 21.4 Å².